The minimum Gasteiger partial charge on any atom is -0.481 e. The fourth-order valence-corrected chi connectivity index (χ4v) is 1.49. The Balaban J connectivity index is 3.26. The van der Waals surface area contributed by atoms with E-state index in [0.29, 0.717) is 17.9 Å². The molecule has 0 unspecified atom stereocenters. The van der Waals surface area contributed by atoms with E-state index in [2.05, 4.69) is 0 Å². The summed E-state index contributed by atoms with van der Waals surface area (Å²) in [5, 5.41) is 8.32. The predicted octanol–water partition coefficient (Wildman–Crippen LogP) is 0.673. The Labute approximate surface area is 82.3 Å². The average molecular weight is 205 g/mol. The summed E-state index contributed by atoms with van der Waals surface area (Å²) in [4.78, 5) is 22.7. The minimum atomic E-state index is -0.786. The normalized spacial score (nSPS) is 9.69. The topological polar surface area (TPSA) is 57.6 Å². The van der Waals surface area contributed by atoms with Crippen molar-refractivity contribution in [3.8, 4) is 0 Å². The lowest BCUT2D eigenvalue weighted by molar-refractivity contribution is -0.136. The van der Waals surface area contributed by atoms with Crippen molar-refractivity contribution in [3.05, 3.63) is 0 Å². The summed E-state index contributed by atoms with van der Waals surface area (Å²) in [7, 11) is 3.43. The maximum absolute atomic E-state index is 11.0. The molecule has 0 atom stereocenters. The van der Waals surface area contributed by atoms with Gasteiger partial charge < -0.3 is 10.0 Å². The molecule has 0 aromatic rings. The number of carboxylic acid groups (broad SMARTS) is 1. The number of thioether (sulfide) groups is 1. The van der Waals surface area contributed by atoms with Crippen molar-refractivity contribution < 1.29 is 14.7 Å². The summed E-state index contributed by atoms with van der Waals surface area (Å²) >= 11 is 1.50. The second-order valence-corrected chi connectivity index (χ2v) is 4.02. The summed E-state index contributed by atoms with van der Waals surface area (Å²) in [5.41, 5.74) is 0. The van der Waals surface area contributed by atoms with Gasteiger partial charge in [0, 0.05) is 32.0 Å². The van der Waals surface area contributed by atoms with Crippen molar-refractivity contribution in [2.75, 3.05) is 25.6 Å². The number of carbonyl (C=O) groups is 2. The number of rotatable bonds is 6. The largest absolute Gasteiger partial charge is 0.481 e. The molecular weight excluding hydrogens is 190 g/mol. The van der Waals surface area contributed by atoms with E-state index >= 15 is 0 Å². The Morgan fingerprint density at radius 3 is 2.23 bits per heavy atom. The molecule has 0 saturated carbocycles. The van der Waals surface area contributed by atoms with Gasteiger partial charge in [-0.2, -0.15) is 11.8 Å². The van der Waals surface area contributed by atoms with Crippen molar-refractivity contribution in [2.45, 2.75) is 12.8 Å². The molecule has 0 aliphatic carbocycles. The van der Waals surface area contributed by atoms with Crippen molar-refractivity contribution in [1.82, 2.24) is 4.90 Å². The Kier molecular flexibility index (Phi) is 6.40. The lowest BCUT2D eigenvalue weighted by Crippen LogP contribution is -2.21. The predicted molar refractivity (Wildman–Crippen MR) is 52.9 cm³/mol. The Bertz CT molecular complexity index is 182. The van der Waals surface area contributed by atoms with Crippen molar-refractivity contribution in [1.29, 1.82) is 0 Å². The number of hydrogen-bond acceptors (Lipinski definition) is 3. The molecule has 0 radical (unpaired) electrons. The highest BCUT2D eigenvalue weighted by Gasteiger charge is 2.03. The first kappa shape index (κ1) is 12.3. The van der Waals surface area contributed by atoms with Gasteiger partial charge in [0.1, 0.15) is 0 Å². The van der Waals surface area contributed by atoms with Crippen LogP contribution in [0.25, 0.3) is 0 Å². The monoisotopic (exact) mass is 205 g/mol. The van der Waals surface area contributed by atoms with E-state index in [1.807, 2.05) is 0 Å². The lowest BCUT2D eigenvalue weighted by Gasteiger charge is -2.08. The Morgan fingerprint density at radius 2 is 1.77 bits per heavy atom. The molecule has 5 heteroatoms. The number of nitrogens with zero attached hydrogens (tertiary/aromatic N) is 1. The van der Waals surface area contributed by atoms with Crippen LogP contribution in [0.1, 0.15) is 12.8 Å². The molecule has 0 heterocycles. The molecule has 76 valence electrons. The lowest BCUT2D eigenvalue weighted by atomic mass is 10.4. The second-order valence-electron chi connectivity index (χ2n) is 2.79. The van der Waals surface area contributed by atoms with Crippen LogP contribution in [0.15, 0.2) is 0 Å². The van der Waals surface area contributed by atoms with Crippen LogP contribution in [0.4, 0.5) is 0 Å². The molecular formula is C8H15NO3S. The van der Waals surface area contributed by atoms with E-state index in [1.165, 1.54) is 16.7 Å². The molecule has 1 amide bonds. The smallest absolute Gasteiger partial charge is 0.304 e. The zero-order valence-electron chi connectivity index (χ0n) is 7.95. The van der Waals surface area contributed by atoms with Crippen LogP contribution >= 0.6 is 11.8 Å². The molecule has 0 aliphatic heterocycles. The Hall–Kier alpha value is -0.710. The van der Waals surface area contributed by atoms with Crippen LogP contribution in [0.2, 0.25) is 0 Å². The van der Waals surface area contributed by atoms with Gasteiger partial charge in [0.15, 0.2) is 0 Å². The summed E-state index contributed by atoms with van der Waals surface area (Å²) in [5.74, 6) is 0.578. The van der Waals surface area contributed by atoms with Crippen LogP contribution in [0.3, 0.4) is 0 Å². The van der Waals surface area contributed by atoms with Gasteiger partial charge in [0.05, 0.1) is 6.42 Å². The van der Waals surface area contributed by atoms with Crippen LogP contribution < -0.4 is 0 Å². The van der Waals surface area contributed by atoms with E-state index in [9.17, 15) is 9.59 Å². The van der Waals surface area contributed by atoms with Gasteiger partial charge in [0.2, 0.25) is 5.91 Å². The van der Waals surface area contributed by atoms with Gasteiger partial charge in [-0.1, -0.05) is 0 Å². The summed E-state index contributed by atoms with van der Waals surface area (Å²) < 4.78 is 0. The molecule has 0 aliphatic rings. The maximum atomic E-state index is 11.0. The highest BCUT2D eigenvalue weighted by molar-refractivity contribution is 7.99. The molecule has 0 rings (SSSR count). The van der Waals surface area contributed by atoms with Gasteiger partial charge in [-0.15, -0.1) is 0 Å². The summed E-state index contributed by atoms with van der Waals surface area (Å²) in [6, 6.07) is 0. The van der Waals surface area contributed by atoms with E-state index in [0.717, 1.165) is 0 Å². The van der Waals surface area contributed by atoms with E-state index in [-0.39, 0.29) is 12.3 Å². The standard InChI is InChI=1S/C8H15NO3S/c1-9(2)7(10)3-5-13-6-4-8(11)12/h3-6H2,1-2H3,(H,11,12). The van der Waals surface area contributed by atoms with Crippen molar-refractivity contribution >= 4 is 23.6 Å². The highest BCUT2D eigenvalue weighted by atomic mass is 32.2. The zero-order chi connectivity index (χ0) is 10.3. The SMILES string of the molecule is CN(C)C(=O)CCSCCC(=O)O. The number of hydrogen-bond donors (Lipinski definition) is 1. The number of carbonyl (C=O) groups excluding carboxylic acids is 1. The molecule has 0 fully saturated rings. The minimum absolute atomic E-state index is 0.0859. The fraction of sp³-hybridized carbons (Fsp3) is 0.750. The molecule has 4 nitrogen and oxygen atoms in total. The molecule has 0 aromatic carbocycles. The quantitative estimate of drug-likeness (QED) is 0.648. The van der Waals surface area contributed by atoms with Gasteiger partial charge in [-0.05, 0) is 0 Å². The van der Waals surface area contributed by atoms with Crippen molar-refractivity contribution in [2.24, 2.45) is 0 Å². The average Bonchev–Trinajstić information content (AvgIpc) is 2.02. The first-order valence-corrected chi connectivity index (χ1v) is 5.19. The first-order chi connectivity index (χ1) is 6.04. The third kappa shape index (κ3) is 7.64. The van der Waals surface area contributed by atoms with Crippen LogP contribution in [-0.4, -0.2) is 47.5 Å². The number of carboxylic acids is 1. The first-order valence-electron chi connectivity index (χ1n) is 4.03. The Morgan fingerprint density at radius 1 is 1.23 bits per heavy atom. The van der Waals surface area contributed by atoms with E-state index < -0.39 is 5.97 Å². The molecule has 0 bridgehead atoms. The fourth-order valence-electron chi connectivity index (χ4n) is 0.645. The molecule has 0 saturated heterocycles. The van der Waals surface area contributed by atoms with Crippen molar-refractivity contribution in [3.63, 3.8) is 0 Å². The zero-order valence-corrected chi connectivity index (χ0v) is 8.76. The molecule has 0 spiro atoms. The highest BCUT2D eigenvalue weighted by Crippen LogP contribution is 2.05. The second kappa shape index (κ2) is 6.77. The molecule has 1 N–H and O–H groups in total. The van der Waals surface area contributed by atoms with Gasteiger partial charge >= 0.3 is 5.97 Å². The third-order valence-electron chi connectivity index (χ3n) is 1.42. The third-order valence-corrected chi connectivity index (χ3v) is 2.40. The van der Waals surface area contributed by atoms with Gasteiger partial charge in [-0.25, -0.2) is 0 Å². The van der Waals surface area contributed by atoms with E-state index in [4.69, 9.17) is 5.11 Å². The summed E-state index contributed by atoms with van der Waals surface area (Å²) in [6.07, 6.45) is 0.651. The van der Waals surface area contributed by atoms with Crippen LogP contribution in [-0.2, 0) is 9.59 Å². The van der Waals surface area contributed by atoms with Gasteiger partial charge in [0.25, 0.3) is 0 Å². The number of aliphatic carboxylic acids is 1. The number of amides is 1. The van der Waals surface area contributed by atoms with Crippen LogP contribution in [0, 0.1) is 0 Å². The maximum Gasteiger partial charge on any atom is 0.304 e. The molecule has 13 heavy (non-hydrogen) atoms. The van der Waals surface area contributed by atoms with E-state index in [1.54, 1.807) is 14.1 Å². The molecule has 0 aromatic heterocycles. The summed E-state index contributed by atoms with van der Waals surface area (Å²) in [6.45, 7) is 0. The van der Waals surface area contributed by atoms with Gasteiger partial charge in [-0.3, -0.25) is 9.59 Å². The van der Waals surface area contributed by atoms with Crippen LogP contribution in [0.5, 0.6) is 0 Å².